The van der Waals surface area contributed by atoms with Crippen molar-refractivity contribution in [3.63, 3.8) is 0 Å². The average Bonchev–Trinajstić information content (AvgIpc) is 3.07. The first-order valence-electron chi connectivity index (χ1n) is 8.59. The molecule has 0 unspecified atom stereocenters. The summed E-state index contributed by atoms with van der Waals surface area (Å²) < 4.78 is 33.0. The largest absolute Gasteiger partial charge is 0.462 e. The first-order chi connectivity index (χ1) is 11.3. The molecular formula is C18H25NO4S. The second-order valence-corrected chi connectivity index (χ2v) is 9.06. The molecule has 1 heterocycles. The molecule has 0 radical (unpaired) electrons. The molecule has 1 aromatic carbocycles. The van der Waals surface area contributed by atoms with Crippen LogP contribution in [-0.2, 0) is 19.6 Å². The third-order valence-corrected chi connectivity index (χ3v) is 6.93. The molecule has 0 aromatic heterocycles. The van der Waals surface area contributed by atoms with Crippen LogP contribution in [0.3, 0.4) is 0 Å². The van der Waals surface area contributed by atoms with Crippen molar-refractivity contribution in [3.05, 3.63) is 29.8 Å². The minimum Gasteiger partial charge on any atom is -0.462 e. The van der Waals surface area contributed by atoms with E-state index in [-0.39, 0.29) is 22.8 Å². The number of benzene rings is 1. The highest BCUT2D eigenvalue weighted by Crippen LogP contribution is 2.44. The summed E-state index contributed by atoms with van der Waals surface area (Å²) in [7, 11) is -3.69. The third-order valence-electron chi connectivity index (χ3n) is 5.07. The maximum absolute atomic E-state index is 13.1. The number of hydrogen-bond donors (Lipinski definition) is 0. The van der Waals surface area contributed by atoms with E-state index in [1.807, 2.05) is 6.92 Å². The number of carbonyl (C=O) groups excluding carboxylic acids is 1. The summed E-state index contributed by atoms with van der Waals surface area (Å²) in [6.45, 7) is 5.91. The van der Waals surface area contributed by atoms with Crippen LogP contribution >= 0.6 is 0 Å². The van der Waals surface area contributed by atoms with Crippen molar-refractivity contribution < 1.29 is 17.9 Å². The van der Waals surface area contributed by atoms with Crippen LogP contribution < -0.4 is 0 Å². The topological polar surface area (TPSA) is 63.7 Å². The van der Waals surface area contributed by atoms with E-state index in [1.54, 1.807) is 38.1 Å². The van der Waals surface area contributed by atoms with Gasteiger partial charge >= 0.3 is 5.97 Å². The Morgan fingerprint density at radius 1 is 1.21 bits per heavy atom. The van der Waals surface area contributed by atoms with Gasteiger partial charge in [0.15, 0.2) is 0 Å². The molecule has 6 heteroatoms. The van der Waals surface area contributed by atoms with Crippen molar-refractivity contribution in [1.29, 1.82) is 0 Å². The fourth-order valence-corrected chi connectivity index (χ4v) is 5.63. The lowest BCUT2D eigenvalue weighted by Crippen LogP contribution is -2.44. The summed E-state index contributed by atoms with van der Waals surface area (Å²) in [5, 5.41) is 0. The molecule has 0 N–H and O–H groups in total. The highest BCUT2D eigenvalue weighted by molar-refractivity contribution is 7.89. The number of fused-ring (bicyclic) bond motifs is 1. The number of carbonyl (C=O) groups is 1. The van der Waals surface area contributed by atoms with Gasteiger partial charge in [0, 0.05) is 6.54 Å². The average molecular weight is 351 g/mol. The Balaban J connectivity index is 1.94. The molecule has 1 aliphatic heterocycles. The van der Waals surface area contributed by atoms with Gasteiger partial charge in [-0.1, -0.05) is 24.1 Å². The second kappa shape index (κ2) is 6.48. The molecule has 0 bridgehead atoms. The molecule has 132 valence electrons. The summed E-state index contributed by atoms with van der Waals surface area (Å²) in [6.07, 6.45) is 2.68. The van der Waals surface area contributed by atoms with Gasteiger partial charge in [0.05, 0.1) is 11.0 Å². The highest BCUT2D eigenvalue weighted by atomic mass is 32.2. The fourth-order valence-electron chi connectivity index (χ4n) is 3.95. The Kier molecular flexibility index (Phi) is 4.71. The van der Waals surface area contributed by atoms with Crippen LogP contribution in [0.4, 0.5) is 0 Å². The smallest absolute Gasteiger partial charge is 0.325 e. The number of nitrogens with zero attached hydrogens (tertiary/aromatic N) is 1. The lowest BCUT2D eigenvalue weighted by atomic mass is 9.94. The van der Waals surface area contributed by atoms with Crippen LogP contribution in [0, 0.1) is 18.8 Å². The molecule has 1 saturated heterocycles. The molecule has 0 amide bonds. The molecule has 5 nitrogen and oxygen atoms in total. The monoisotopic (exact) mass is 351 g/mol. The zero-order valence-corrected chi connectivity index (χ0v) is 15.3. The number of aryl methyl sites for hydroxylation is 1. The Hall–Kier alpha value is -1.40. The lowest BCUT2D eigenvalue weighted by molar-refractivity contribution is -0.152. The third kappa shape index (κ3) is 3.09. The summed E-state index contributed by atoms with van der Waals surface area (Å²) in [5.74, 6) is -0.0681. The summed E-state index contributed by atoms with van der Waals surface area (Å²) in [4.78, 5) is 12.9. The van der Waals surface area contributed by atoms with Crippen LogP contribution in [0.15, 0.2) is 29.2 Å². The standard InChI is InChI=1S/C18H25NO4S/c1-12(2)23-18(20)17-16-6-4-5-14(16)11-19(17)24(21,22)15-9-7-13(3)8-10-15/h7-10,12,14,16-17H,4-6,11H2,1-3H3/t14-,16-,17-/m0/s1. The fraction of sp³-hybridized carbons (Fsp3) is 0.611. The Labute approximate surface area is 144 Å². The van der Waals surface area contributed by atoms with Crippen molar-refractivity contribution in [1.82, 2.24) is 4.31 Å². The summed E-state index contributed by atoms with van der Waals surface area (Å²) >= 11 is 0. The molecule has 1 saturated carbocycles. The van der Waals surface area contributed by atoms with Crippen molar-refractivity contribution >= 4 is 16.0 Å². The number of esters is 1. The van der Waals surface area contributed by atoms with Gasteiger partial charge in [0.2, 0.25) is 10.0 Å². The maximum Gasteiger partial charge on any atom is 0.325 e. The molecule has 2 fully saturated rings. The molecule has 1 aromatic rings. The number of sulfonamides is 1. The van der Waals surface area contributed by atoms with E-state index in [0.29, 0.717) is 6.54 Å². The molecule has 2 aliphatic rings. The van der Waals surface area contributed by atoms with E-state index >= 15 is 0 Å². The van der Waals surface area contributed by atoms with Crippen LogP contribution in [0.2, 0.25) is 0 Å². The first-order valence-corrected chi connectivity index (χ1v) is 10.0. The van der Waals surface area contributed by atoms with Crippen molar-refractivity contribution in [2.24, 2.45) is 11.8 Å². The van der Waals surface area contributed by atoms with Gasteiger partial charge in [0.1, 0.15) is 6.04 Å². The van der Waals surface area contributed by atoms with Crippen LogP contribution in [0.25, 0.3) is 0 Å². The predicted molar refractivity (Wildman–Crippen MR) is 90.9 cm³/mol. The van der Waals surface area contributed by atoms with E-state index in [1.165, 1.54) is 4.31 Å². The molecular weight excluding hydrogens is 326 g/mol. The van der Waals surface area contributed by atoms with Crippen LogP contribution in [-0.4, -0.2) is 37.4 Å². The quantitative estimate of drug-likeness (QED) is 0.783. The van der Waals surface area contributed by atoms with Gasteiger partial charge in [-0.2, -0.15) is 4.31 Å². The van der Waals surface area contributed by atoms with E-state index in [9.17, 15) is 13.2 Å². The normalized spacial score (nSPS) is 27.4. The highest BCUT2D eigenvalue weighted by Gasteiger charge is 2.52. The van der Waals surface area contributed by atoms with E-state index < -0.39 is 22.0 Å². The van der Waals surface area contributed by atoms with Crippen molar-refractivity contribution in [2.75, 3.05) is 6.54 Å². The molecule has 3 rings (SSSR count). The number of hydrogen-bond acceptors (Lipinski definition) is 4. The van der Waals surface area contributed by atoms with Crippen LogP contribution in [0.5, 0.6) is 0 Å². The number of rotatable bonds is 4. The van der Waals surface area contributed by atoms with E-state index in [2.05, 4.69) is 0 Å². The van der Waals surface area contributed by atoms with Gasteiger partial charge in [-0.3, -0.25) is 4.79 Å². The van der Waals surface area contributed by atoms with E-state index in [0.717, 1.165) is 24.8 Å². The van der Waals surface area contributed by atoms with Crippen LogP contribution in [0.1, 0.15) is 38.7 Å². The van der Waals surface area contributed by atoms with Gasteiger partial charge in [-0.15, -0.1) is 0 Å². The SMILES string of the molecule is Cc1ccc(S(=O)(=O)N2C[C@@H]3CCC[C@@H]3[C@H]2C(=O)OC(C)C)cc1. The zero-order valence-electron chi connectivity index (χ0n) is 14.4. The Bertz CT molecular complexity index is 711. The Morgan fingerprint density at radius 3 is 2.50 bits per heavy atom. The summed E-state index contributed by atoms with van der Waals surface area (Å²) in [5.41, 5.74) is 1.00. The maximum atomic E-state index is 13.1. The van der Waals surface area contributed by atoms with Crippen molar-refractivity contribution in [2.45, 2.75) is 57.1 Å². The molecule has 1 aliphatic carbocycles. The minimum absolute atomic E-state index is 0.0801. The van der Waals surface area contributed by atoms with Crippen molar-refractivity contribution in [3.8, 4) is 0 Å². The second-order valence-electron chi connectivity index (χ2n) is 7.17. The van der Waals surface area contributed by atoms with Gasteiger partial charge in [-0.05, 0) is 57.6 Å². The van der Waals surface area contributed by atoms with E-state index in [4.69, 9.17) is 4.74 Å². The van der Waals surface area contributed by atoms with Gasteiger partial charge < -0.3 is 4.74 Å². The lowest BCUT2D eigenvalue weighted by Gasteiger charge is -2.26. The minimum atomic E-state index is -3.69. The molecule has 0 spiro atoms. The predicted octanol–water partition coefficient (Wildman–Crippen LogP) is 2.74. The zero-order chi connectivity index (χ0) is 17.5. The molecule has 24 heavy (non-hydrogen) atoms. The first kappa shape index (κ1) is 17.4. The summed E-state index contributed by atoms with van der Waals surface area (Å²) in [6, 6.07) is 6.11. The van der Waals surface area contributed by atoms with Gasteiger partial charge in [-0.25, -0.2) is 8.42 Å². The molecule has 3 atom stereocenters. The number of ether oxygens (including phenoxy) is 1. The Morgan fingerprint density at radius 2 is 1.88 bits per heavy atom. The van der Waals surface area contributed by atoms with Gasteiger partial charge in [0.25, 0.3) is 0 Å².